The van der Waals surface area contributed by atoms with Gasteiger partial charge in [0.2, 0.25) is 5.75 Å². The first kappa shape index (κ1) is 20.5. The number of hydrogen-bond donors (Lipinski definition) is 1. The highest BCUT2D eigenvalue weighted by Crippen LogP contribution is 2.40. The minimum atomic E-state index is -0.485. The lowest BCUT2D eigenvalue weighted by Gasteiger charge is -2.15. The lowest BCUT2D eigenvalue weighted by Crippen LogP contribution is -2.15. The highest BCUT2D eigenvalue weighted by molar-refractivity contribution is 6.33. The second kappa shape index (κ2) is 8.83. The summed E-state index contributed by atoms with van der Waals surface area (Å²) in [5.74, 6) is 0.295. The topological polar surface area (TPSA) is 74.6 Å². The molecule has 152 valence electrons. The van der Waals surface area contributed by atoms with Gasteiger partial charge in [-0.2, -0.15) is 5.10 Å². The number of hydrogen-bond acceptors (Lipinski definition) is 5. The summed E-state index contributed by atoms with van der Waals surface area (Å²) in [6.07, 6.45) is 1.55. The number of amides is 1. The van der Waals surface area contributed by atoms with Gasteiger partial charge in [-0.3, -0.25) is 9.48 Å². The molecule has 7 nitrogen and oxygen atoms in total. The summed E-state index contributed by atoms with van der Waals surface area (Å²) in [5.41, 5.74) is 0.935. The van der Waals surface area contributed by atoms with Gasteiger partial charge in [0.15, 0.2) is 17.3 Å². The maximum Gasteiger partial charge on any atom is 0.260 e. The normalized spacial score (nSPS) is 10.5. The van der Waals surface area contributed by atoms with Gasteiger partial charge in [0.25, 0.3) is 5.91 Å². The molecule has 0 radical (unpaired) electrons. The van der Waals surface area contributed by atoms with E-state index in [1.165, 1.54) is 38.1 Å². The van der Waals surface area contributed by atoms with Gasteiger partial charge in [0.1, 0.15) is 10.8 Å². The largest absolute Gasteiger partial charge is 0.493 e. The monoisotopic (exact) mass is 419 g/mol. The summed E-state index contributed by atoms with van der Waals surface area (Å²) >= 11 is 6.21. The molecule has 0 aliphatic rings. The summed E-state index contributed by atoms with van der Waals surface area (Å²) in [5, 5.41) is 7.16. The predicted octanol–water partition coefficient (Wildman–Crippen LogP) is 4.00. The minimum absolute atomic E-state index is 0.171. The SMILES string of the molecule is COc1ccc(C(=O)Nc2nn(Cc3cccc(F)c3)cc2Cl)c(OC)c1OC. The third-order valence-corrected chi connectivity index (χ3v) is 4.41. The standard InChI is InChI=1S/C20H19ClFN3O4/c1-27-16-8-7-14(17(28-2)18(16)29-3)20(26)23-19-15(21)11-25(24-19)10-12-5-4-6-13(22)9-12/h4-9,11H,10H2,1-3H3,(H,23,24,26). The van der Waals surface area contributed by atoms with Crippen LogP contribution < -0.4 is 19.5 Å². The van der Waals surface area contributed by atoms with Gasteiger partial charge in [-0.1, -0.05) is 23.7 Å². The van der Waals surface area contributed by atoms with Crippen LogP contribution in [0.2, 0.25) is 5.02 Å². The molecular formula is C20H19ClFN3O4. The third kappa shape index (κ3) is 4.43. The van der Waals surface area contributed by atoms with Gasteiger partial charge in [-0.25, -0.2) is 4.39 Å². The van der Waals surface area contributed by atoms with E-state index in [-0.39, 0.29) is 28.0 Å². The van der Waals surface area contributed by atoms with Crippen LogP contribution in [0.25, 0.3) is 0 Å². The van der Waals surface area contributed by atoms with Crippen molar-refractivity contribution >= 4 is 23.3 Å². The first-order chi connectivity index (χ1) is 14.0. The van der Waals surface area contributed by atoms with Crippen LogP contribution >= 0.6 is 11.6 Å². The van der Waals surface area contributed by atoms with Crippen molar-refractivity contribution in [3.63, 3.8) is 0 Å². The van der Waals surface area contributed by atoms with Crippen molar-refractivity contribution in [2.45, 2.75) is 6.54 Å². The number of nitrogens with one attached hydrogen (secondary N) is 1. The smallest absolute Gasteiger partial charge is 0.260 e. The van der Waals surface area contributed by atoms with E-state index >= 15 is 0 Å². The van der Waals surface area contributed by atoms with E-state index < -0.39 is 5.91 Å². The van der Waals surface area contributed by atoms with Crippen LogP contribution in [0.3, 0.4) is 0 Å². The van der Waals surface area contributed by atoms with Crippen LogP contribution in [-0.4, -0.2) is 37.0 Å². The Hall–Kier alpha value is -3.26. The zero-order valence-corrected chi connectivity index (χ0v) is 16.8. The number of rotatable bonds is 7. The van der Waals surface area contributed by atoms with E-state index in [2.05, 4.69) is 10.4 Å². The summed E-state index contributed by atoms with van der Waals surface area (Å²) in [6.45, 7) is 0.299. The quantitative estimate of drug-likeness (QED) is 0.626. The van der Waals surface area contributed by atoms with Gasteiger partial charge < -0.3 is 19.5 Å². The molecule has 9 heteroatoms. The highest BCUT2D eigenvalue weighted by atomic mass is 35.5. The average Bonchev–Trinajstić information content (AvgIpc) is 3.04. The number of carbonyl (C=O) groups excluding carboxylic acids is 1. The summed E-state index contributed by atoms with van der Waals surface area (Å²) < 4.78 is 30.7. The number of carbonyl (C=O) groups is 1. The Morgan fingerprint density at radius 3 is 2.55 bits per heavy atom. The van der Waals surface area contributed by atoms with Crippen molar-refractivity contribution in [2.24, 2.45) is 0 Å². The Morgan fingerprint density at radius 1 is 1.14 bits per heavy atom. The van der Waals surface area contributed by atoms with Crippen LogP contribution in [0.1, 0.15) is 15.9 Å². The van der Waals surface area contributed by atoms with Gasteiger partial charge in [-0.05, 0) is 29.8 Å². The maximum atomic E-state index is 13.4. The lowest BCUT2D eigenvalue weighted by atomic mass is 10.1. The average molecular weight is 420 g/mol. The van der Waals surface area contributed by atoms with Gasteiger partial charge in [-0.15, -0.1) is 0 Å². The van der Waals surface area contributed by atoms with Crippen LogP contribution in [-0.2, 0) is 6.54 Å². The molecule has 1 N–H and O–H groups in total. The Kier molecular flexibility index (Phi) is 6.23. The number of anilines is 1. The number of nitrogens with zero attached hydrogens (tertiary/aromatic N) is 2. The molecule has 0 saturated heterocycles. The first-order valence-electron chi connectivity index (χ1n) is 8.54. The fourth-order valence-corrected chi connectivity index (χ4v) is 3.04. The predicted molar refractivity (Wildman–Crippen MR) is 107 cm³/mol. The van der Waals surface area contributed by atoms with Crippen LogP contribution in [0, 0.1) is 5.82 Å². The van der Waals surface area contributed by atoms with E-state index in [0.717, 1.165) is 0 Å². The Bertz CT molecular complexity index is 1040. The van der Waals surface area contributed by atoms with E-state index in [1.807, 2.05) is 0 Å². The molecule has 0 fully saturated rings. The van der Waals surface area contributed by atoms with Crippen molar-refractivity contribution in [3.8, 4) is 17.2 Å². The molecule has 0 unspecified atom stereocenters. The van der Waals surface area contributed by atoms with Gasteiger partial charge >= 0.3 is 0 Å². The molecule has 3 rings (SSSR count). The highest BCUT2D eigenvalue weighted by Gasteiger charge is 2.22. The molecule has 0 aliphatic carbocycles. The maximum absolute atomic E-state index is 13.4. The zero-order valence-electron chi connectivity index (χ0n) is 16.0. The molecule has 1 aromatic heterocycles. The molecule has 3 aromatic rings. The Balaban J connectivity index is 1.84. The van der Waals surface area contributed by atoms with Gasteiger partial charge in [0, 0.05) is 6.20 Å². The Morgan fingerprint density at radius 2 is 1.90 bits per heavy atom. The number of benzene rings is 2. The summed E-state index contributed by atoms with van der Waals surface area (Å²) in [6, 6.07) is 9.30. The molecule has 0 saturated carbocycles. The number of aromatic nitrogens is 2. The molecule has 0 aliphatic heterocycles. The zero-order chi connectivity index (χ0) is 21.0. The fourth-order valence-electron chi connectivity index (χ4n) is 2.84. The summed E-state index contributed by atoms with van der Waals surface area (Å²) in [4.78, 5) is 12.8. The molecule has 0 bridgehead atoms. The van der Waals surface area contributed by atoms with E-state index in [4.69, 9.17) is 25.8 Å². The number of halogens is 2. The van der Waals surface area contributed by atoms with Crippen molar-refractivity contribution < 1.29 is 23.4 Å². The molecular weight excluding hydrogens is 401 g/mol. The van der Waals surface area contributed by atoms with Crippen LogP contribution in [0.4, 0.5) is 10.2 Å². The first-order valence-corrected chi connectivity index (χ1v) is 8.92. The van der Waals surface area contributed by atoms with Crippen LogP contribution in [0.5, 0.6) is 17.2 Å². The van der Waals surface area contributed by atoms with Crippen molar-refractivity contribution in [3.05, 3.63) is 64.6 Å². The molecule has 1 amide bonds. The van der Waals surface area contributed by atoms with Crippen molar-refractivity contribution in [1.82, 2.24) is 9.78 Å². The third-order valence-electron chi connectivity index (χ3n) is 4.13. The van der Waals surface area contributed by atoms with Crippen molar-refractivity contribution in [2.75, 3.05) is 26.6 Å². The second-order valence-corrected chi connectivity index (χ2v) is 6.40. The molecule has 1 heterocycles. The number of ether oxygens (including phenoxy) is 3. The Labute approximate surface area is 171 Å². The second-order valence-electron chi connectivity index (χ2n) is 5.99. The van der Waals surface area contributed by atoms with E-state index in [0.29, 0.717) is 23.6 Å². The van der Waals surface area contributed by atoms with E-state index in [9.17, 15) is 9.18 Å². The van der Waals surface area contributed by atoms with E-state index in [1.54, 1.807) is 30.5 Å². The van der Waals surface area contributed by atoms with Crippen LogP contribution in [0.15, 0.2) is 42.6 Å². The lowest BCUT2D eigenvalue weighted by molar-refractivity contribution is 0.102. The molecule has 29 heavy (non-hydrogen) atoms. The minimum Gasteiger partial charge on any atom is -0.493 e. The molecule has 0 atom stereocenters. The molecule has 2 aromatic carbocycles. The van der Waals surface area contributed by atoms with Gasteiger partial charge in [0.05, 0.1) is 33.4 Å². The number of methoxy groups -OCH3 is 3. The fraction of sp³-hybridized carbons (Fsp3) is 0.200. The summed E-state index contributed by atoms with van der Waals surface area (Å²) in [7, 11) is 4.36. The molecule has 0 spiro atoms. The van der Waals surface area contributed by atoms with Crippen molar-refractivity contribution in [1.29, 1.82) is 0 Å².